The first-order chi connectivity index (χ1) is 10.6. The molecule has 2 atom stereocenters. The molecule has 0 rings (SSSR count). The van der Waals surface area contributed by atoms with E-state index in [4.69, 9.17) is 8.85 Å². The van der Waals surface area contributed by atoms with Gasteiger partial charge in [-0.05, 0) is 32.0 Å². The van der Waals surface area contributed by atoms with E-state index in [-0.39, 0.29) is 6.10 Å². The molecule has 0 aromatic rings. The fourth-order valence-electron chi connectivity index (χ4n) is 2.62. The third-order valence-corrected chi connectivity index (χ3v) is 6.55. The molecule has 0 amide bonds. The average molecular weight is 329 g/mol. The van der Waals surface area contributed by atoms with E-state index in [1.807, 2.05) is 5.70 Å². The zero-order valence-electron chi connectivity index (χ0n) is 15.7. The number of hydrogen-bond acceptors (Lipinski definition) is 2. The molecular weight excluding hydrogens is 288 g/mol. The fraction of sp³-hybridized carbons (Fsp3) is 0.895. The van der Waals surface area contributed by atoms with Gasteiger partial charge in [-0.3, -0.25) is 0 Å². The molecule has 132 valence electrons. The van der Waals surface area contributed by atoms with Crippen LogP contribution in [-0.4, -0.2) is 21.3 Å². The first-order valence-electron chi connectivity index (χ1n) is 9.53. The van der Waals surface area contributed by atoms with Crippen LogP contribution in [0.15, 0.2) is 12.3 Å². The Kier molecular flexibility index (Phi) is 14.4. The highest BCUT2D eigenvalue weighted by molar-refractivity contribution is 6.71. The lowest BCUT2D eigenvalue weighted by molar-refractivity contribution is 0.126. The minimum atomic E-state index is -2.17. The molecule has 0 aliphatic heterocycles. The lowest BCUT2D eigenvalue weighted by Crippen LogP contribution is -2.40. The third kappa shape index (κ3) is 12.4. The van der Waals surface area contributed by atoms with Crippen molar-refractivity contribution in [2.75, 3.05) is 6.61 Å². The maximum absolute atomic E-state index is 6.21. The summed E-state index contributed by atoms with van der Waals surface area (Å²) in [4.78, 5) is 0. The summed E-state index contributed by atoms with van der Waals surface area (Å²) >= 11 is 0. The Bertz CT molecular complexity index is 258. The predicted molar refractivity (Wildman–Crippen MR) is 100 cm³/mol. The molecule has 3 heteroatoms. The molecule has 22 heavy (non-hydrogen) atoms. The maximum atomic E-state index is 6.21. The first kappa shape index (κ1) is 21.9. The van der Waals surface area contributed by atoms with Gasteiger partial charge < -0.3 is 8.85 Å². The summed E-state index contributed by atoms with van der Waals surface area (Å²) in [5.41, 5.74) is 1.94. The molecule has 0 fully saturated rings. The van der Waals surface area contributed by atoms with Crippen molar-refractivity contribution in [3.8, 4) is 0 Å². The Balaban J connectivity index is 3.80. The summed E-state index contributed by atoms with van der Waals surface area (Å²) < 4.78 is 12.3. The van der Waals surface area contributed by atoms with E-state index in [9.17, 15) is 0 Å². The van der Waals surface area contributed by atoms with Crippen molar-refractivity contribution < 1.29 is 8.85 Å². The summed E-state index contributed by atoms with van der Waals surface area (Å²) in [5.74, 6) is 0. The van der Waals surface area contributed by atoms with Crippen molar-refractivity contribution in [2.45, 2.75) is 104 Å². The van der Waals surface area contributed by atoms with Crippen LogP contribution in [0.1, 0.15) is 91.4 Å². The highest BCUT2D eigenvalue weighted by Gasteiger charge is 2.29. The van der Waals surface area contributed by atoms with Gasteiger partial charge in [0.05, 0.1) is 0 Å². The molecule has 2 nitrogen and oxygen atoms in total. The van der Waals surface area contributed by atoms with Gasteiger partial charge in [-0.25, -0.2) is 0 Å². The summed E-state index contributed by atoms with van der Waals surface area (Å²) in [6.45, 7) is 13.6. The average Bonchev–Trinajstić information content (AvgIpc) is 2.51. The Labute approximate surface area is 140 Å². The minimum absolute atomic E-state index is 0.288. The van der Waals surface area contributed by atoms with Crippen LogP contribution in [0.4, 0.5) is 0 Å². The third-order valence-electron chi connectivity index (χ3n) is 4.16. The van der Waals surface area contributed by atoms with Crippen LogP contribution in [0, 0.1) is 0 Å². The van der Waals surface area contributed by atoms with Gasteiger partial charge in [0.15, 0.2) is 0 Å². The Hall–Kier alpha value is -0.123. The van der Waals surface area contributed by atoms with Gasteiger partial charge in [0.25, 0.3) is 0 Å². The predicted octanol–water partition coefficient (Wildman–Crippen LogP) is 6.54. The molecule has 0 aromatic heterocycles. The molecule has 0 saturated carbocycles. The van der Waals surface area contributed by atoms with Gasteiger partial charge in [-0.15, -0.1) is 6.58 Å². The Morgan fingerprint density at radius 1 is 0.909 bits per heavy atom. The number of hydrogen-bond donors (Lipinski definition) is 0. The smallest absolute Gasteiger partial charge is 0.361 e. The standard InChI is InChI=1S/C19H40O2Si/c1-6-9-11-13-14-16-18-20-22(5,8-3)21-19(4)17-15-12-10-7-2/h8,19H,3,6-7,9-18H2,1-2,4-5H3. The first-order valence-corrected chi connectivity index (χ1v) is 11.9. The Morgan fingerprint density at radius 2 is 1.45 bits per heavy atom. The quantitative estimate of drug-likeness (QED) is 0.237. The summed E-state index contributed by atoms with van der Waals surface area (Å²) in [6, 6.07) is 0. The number of rotatable bonds is 16. The van der Waals surface area contributed by atoms with Crippen LogP contribution in [-0.2, 0) is 8.85 Å². The summed E-state index contributed by atoms with van der Waals surface area (Å²) in [5, 5.41) is 0. The normalized spacial score (nSPS) is 15.5. The molecule has 0 heterocycles. The van der Waals surface area contributed by atoms with E-state index in [1.165, 1.54) is 57.8 Å². The van der Waals surface area contributed by atoms with Gasteiger partial charge >= 0.3 is 8.56 Å². The van der Waals surface area contributed by atoms with Crippen LogP contribution in [0.25, 0.3) is 0 Å². The lowest BCUT2D eigenvalue weighted by atomic mass is 10.1. The lowest BCUT2D eigenvalue weighted by Gasteiger charge is -2.27. The van der Waals surface area contributed by atoms with Gasteiger partial charge in [0.2, 0.25) is 0 Å². The molecule has 0 aromatic carbocycles. The van der Waals surface area contributed by atoms with E-state index in [0.29, 0.717) is 0 Å². The second kappa shape index (κ2) is 14.5. The maximum Gasteiger partial charge on any atom is 0.361 e. The van der Waals surface area contributed by atoms with Gasteiger partial charge in [-0.1, -0.05) is 71.6 Å². The fourth-order valence-corrected chi connectivity index (χ4v) is 4.36. The monoisotopic (exact) mass is 328 g/mol. The zero-order valence-corrected chi connectivity index (χ0v) is 16.7. The summed E-state index contributed by atoms with van der Waals surface area (Å²) in [7, 11) is -2.17. The molecule has 0 aliphatic rings. The van der Waals surface area contributed by atoms with E-state index in [1.54, 1.807) is 0 Å². The van der Waals surface area contributed by atoms with E-state index >= 15 is 0 Å². The summed E-state index contributed by atoms with van der Waals surface area (Å²) in [6.07, 6.45) is 14.4. The molecular formula is C19H40O2Si. The SMILES string of the molecule is C=C[Si](C)(OCCCCCCCC)OC(C)CCCCCC. The van der Waals surface area contributed by atoms with Crippen LogP contribution in [0.5, 0.6) is 0 Å². The zero-order chi connectivity index (χ0) is 16.7. The van der Waals surface area contributed by atoms with Gasteiger partial charge in [-0.2, -0.15) is 0 Å². The van der Waals surface area contributed by atoms with Crippen molar-refractivity contribution in [3.05, 3.63) is 12.3 Å². The Morgan fingerprint density at radius 3 is 2.05 bits per heavy atom. The largest absolute Gasteiger partial charge is 0.391 e. The van der Waals surface area contributed by atoms with Crippen molar-refractivity contribution in [1.82, 2.24) is 0 Å². The molecule has 0 aliphatic carbocycles. The van der Waals surface area contributed by atoms with Crippen LogP contribution >= 0.6 is 0 Å². The molecule has 0 N–H and O–H groups in total. The molecule has 0 bridgehead atoms. The minimum Gasteiger partial charge on any atom is -0.391 e. The van der Waals surface area contributed by atoms with Crippen molar-refractivity contribution in [3.63, 3.8) is 0 Å². The van der Waals surface area contributed by atoms with Crippen molar-refractivity contribution in [1.29, 1.82) is 0 Å². The van der Waals surface area contributed by atoms with Crippen LogP contribution in [0.2, 0.25) is 6.55 Å². The second-order valence-corrected chi connectivity index (χ2v) is 9.58. The molecule has 0 radical (unpaired) electrons. The second-order valence-electron chi connectivity index (χ2n) is 6.61. The van der Waals surface area contributed by atoms with E-state index in [0.717, 1.165) is 19.4 Å². The van der Waals surface area contributed by atoms with Gasteiger partial charge in [0, 0.05) is 12.7 Å². The number of unbranched alkanes of at least 4 members (excludes halogenated alkanes) is 8. The van der Waals surface area contributed by atoms with Crippen molar-refractivity contribution in [2.24, 2.45) is 0 Å². The van der Waals surface area contributed by atoms with Crippen LogP contribution in [0.3, 0.4) is 0 Å². The van der Waals surface area contributed by atoms with Crippen molar-refractivity contribution >= 4 is 8.56 Å². The van der Waals surface area contributed by atoms with E-state index in [2.05, 4.69) is 33.9 Å². The van der Waals surface area contributed by atoms with E-state index < -0.39 is 8.56 Å². The molecule has 0 spiro atoms. The van der Waals surface area contributed by atoms with Crippen LogP contribution < -0.4 is 0 Å². The van der Waals surface area contributed by atoms with Gasteiger partial charge in [0.1, 0.15) is 0 Å². The topological polar surface area (TPSA) is 18.5 Å². The molecule has 0 saturated heterocycles. The highest BCUT2D eigenvalue weighted by atomic mass is 28.4. The highest BCUT2D eigenvalue weighted by Crippen LogP contribution is 2.17. The molecule has 2 unspecified atom stereocenters.